The molecule has 1 N–H and O–H groups in total. The highest BCUT2D eigenvalue weighted by atomic mass is 16.5. The van der Waals surface area contributed by atoms with Gasteiger partial charge in [-0.2, -0.15) is 5.26 Å². The first-order valence-electron chi connectivity index (χ1n) is 6.59. The van der Waals surface area contributed by atoms with E-state index in [0.717, 1.165) is 26.1 Å². The molecule has 1 atom stereocenters. The van der Waals surface area contributed by atoms with Gasteiger partial charge in [-0.15, -0.1) is 0 Å². The summed E-state index contributed by atoms with van der Waals surface area (Å²) in [7, 11) is 0. The number of rotatable bonds is 3. The summed E-state index contributed by atoms with van der Waals surface area (Å²) >= 11 is 0. The summed E-state index contributed by atoms with van der Waals surface area (Å²) in [5.74, 6) is 0.402. The Labute approximate surface area is 113 Å². The largest absolute Gasteiger partial charge is 0.381 e. The van der Waals surface area contributed by atoms with E-state index >= 15 is 0 Å². The van der Waals surface area contributed by atoms with Gasteiger partial charge >= 0.3 is 0 Å². The fourth-order valence-electron chi connectivity index (χ4n) is 2.32. The van der Waals surface area contributed by atoms with Crippen LogP contribution >= 0.6 is 0 Å². The third-order valence-electron chi connectivity index (χ3n) is 3.61. The molecule has 0 aromatic heterocycles. The number of ether oxygens (including phenoxy) is 1. The van der Waals surface area contributed by atoms with Crippen LogP contribution in [0.2, 0.25) is 0 Å². The van der Waals surface area contributed by atoms with Gasteiger partial charge in [-0.25, -0.2) is 0 Å². The first-order valence-corrected chi connectivity index (χ1v) is 6.59. The van der Waals surface area contributed by atoms with Crippen molar-refractivity contribution in [1.82, 2.24) is 5.32 Å². The van der Waals surface area contributed by atoms with E-state index in [-0.39, 0.29) is 11.9 Å². The van der Waals surface area contributed by atoms with E-state index in [1.54, 1.807) is 24.3 Å². The van der Waals surface area contributed by atoms with E-state index in [0.29, 0.717) is 17.0 Å². The molecule has 100 valence electrons. The van der Waals surface area contributed by atoms with Crippen LogP contribution in [0.25, 0.3) is 0 Å². The highest BCUT2D eigenvalue weighted by molar-refractivity contribution is 5.94. The first kappa shape index (κ1) is 13.6. The van der Waals surface area contributed by atoms with Gasteiger partial charge in [-0.1, -0.05) is 0 Å². The number of nitriles is 1. The maximum Gasteiger partial charge on any atom is 0.251 e. The predicted molar refractivity (Wildman–Crippen MR) is 71.6 cm³/mol. The second-order valence-corrected chi connectivity index (χ2v) is 4.90. The lowest BCUT2D eigenvalue weighted by Gasteiger charge is -2.28. The Bertz CT molecular complexity index is 470. The summed E-state index contributed by atoms with van der Waals surface area (Å²) in [5, 5.41) is 11.7. The number of nitrogens with zero attached hydrogens (tertiary/aromatic N) is 1. The molecule has 1 unspecified atom stereocenters. The number of hydrogen-bond donors (Lipinski definition) is 1. The van der Waals surface area contributed by atoms with E-state index in [1.807, 2.05) is 13.0 Å². The summed E-state index contributed by atoms with van der Waals surface area (Å²) in [6, 6.07) is 8.88. The van der Waals surface area contributed by atoms with Gasteiger partial charge in [0.05, 0.1) is 11.6 Å². The van der Waals surface area contributed by atoms with Crippen LogP contribution in [0.1, 0.15) is 35.7 Å². The Morgan fingerprint density at radius 2 is 2.00 bits per heavy atom. The van der Waals surface area contributed by atoms with Gasteiger partial charge in [0.1, 0.15) is 0 Å². The van der Waals surface area contributed by atoms with E-state index in [2.05, 4.69) is 5.32 Å². The predicted octanol–water partition coefficient (Wildman–Crippen LogP) is 2.10. The zero-order chi connectivity index (χ0) is 13.7. The van der Waals surface area contributed by atoms with Crippen molar-refractivity contribution in [3.8, 4) is 6.07 Å². The smallest absolute Gasteiger partial charge is 0.251 e. The van der Waals surface area contributed by atoms with E-state index in [9.17, 15) is 4.79 Å². The molecule has 19 heavy (non-hydrogen) atoms. The fourth-order valence-corrected chi connectivity index (χ4v) is 2.32. The van der Waals surface area contributed by atoms with Crippen molar-refractivity contribution in [1.29, 1.82) is 5.26 Å². The standard InChI is InChI=1S/C15H18N2O2/c1-11(13-6-8-19-9-7-13)17-15(18)14-4-2-12(10-16)3-5-14/h2-5,11,13H,6-9H2,1H3,(H,17,18). The van der Waals surface area contributed by atoms with Gasteiger partial charge in [-0.05, 0) is 49.9 Å². The van der Waals surface area contributed by atoms with E-state index in [1.165, 1.54) is 0 Å². The minimum absolute atomic E-state index is 0.0801. The normalized spacial score (nSPS) is 17.5. The molecule has 0 saturated carbocycles. The summed E-state index contributed by atoms with van der Waals surface area (Å²) in [4.78, 5) is 12.1. The van der Waals surface area contributed by atoms with Crippen LogP contribution in [0, 0.1) is 17.2 Å². The van der Waals surface area contributed by atoms with Crippen LogP contribution in [0.3, 0.4) is 0 Å². The highest BCUT2D eigenvalue weighted by Gasteiger charge is 2.22. The molecule has 0 radical (unpaired) electrons. The van der Waals surface area contributed by atoms with Crippen molar-refractivity contribution >= 4 is 5.91 Å². The second-order valence-electron chi connectivity index (χ2n) is 4.90. The van der Waals surface area contributed by atoms with Crippen LogP contribution in [0.4, 0.5) is 0 Å². The lowest BCUT2D eigenvalue weighted by Crippen LogP contribution is -2.40. The lowest BCUT2D eigenvalue weighted by molar-refractivity contribution is 0.0538. The van der Waals surface area contributed by atoms with Gasteiger partial charge in [0.2, 0.25) is 0 Å². The molecule has 1 heterocycles. The SMILES string of the molecule is CC(NC(=O)c1ccc(C#N)cc1)C1CCOCC1. The molecule has 1 saturated heterocycles. The van der Waals surface area contributed by atoms with Gasteiger partial charge in [0.25, 0.3) is 5.91 Å². The minimum Gasteiger partial charge on any atom is -0.381 e. The molecule has 1 amide bonds. The Balaban J connectivity index is 1.94. The van der Waals surface area contributed by atoms with Crippen molar-refractivity contribution in [3.05, 3.63) is 35.4 Å². The number of hydrogen-bond acceptors (Lipinski definition) is 3. The van der Waals surface area contributed by atoms with E-state index in [4.69, 9.17) is 10.00 Å². The number of carbonyl (C=O) groups is 1. The van der Waals surface area contributed by atoms with E-state index < -0.39 is 0 Å². The summed E-state index contributed by atoms with van der Waals surface area (Å²) in [5.41, 5.74) is 1.16. The molecule has 1 aliphatic heterocycles. The molecule has 1 aliphatic rings. The van der Waals surface area contributed by atoms with Crippen molar-refractivity contribution in [2.24, 2.45) is 5.92 Å². The highest BCUT2D eigenvalue weighted by Crippen LogP contribution is 2.18. The van der Waals surface area contributed by atoms with Gasteiger partial charge in [0, 0.05) is 24.8 Å². The fraction of sp³-hybridized carbons (Fsp3) is 0.467. The molecule has 4 nitrogen and oxygen atoms in total. The van der Waals surface area contributed by atoms with Crippen LogP contribution in [0.5, 0.6) is 0 Å². The number of nitrogens with one attached hydrogen (secondary N) is 1. The molecule has 1 aromatic rings. The summed E-state index contributed by atoms with van der Waals surface area (Å²) in [6.45, 7) is 3.60. The van der Waals surface area contributed by atoms with Gasteiger partial charge < -0.3 is 10.1 Å². The first-order chi connectivity index (χ1) is 9.20. The molecule has 0 aliphatic carbocycles. The average Bonchev–Trinajstić information content (AvgIpc) is 2.48. The quantitative estimate of drug-likeness (QED) is 0.903. The second kappa shape index (κ2) is 6.35. The Morgan fingerprint density at radius 1 is 1.37 bits per heavy atom. The third-order valence-corrected chi connectivity index (χ3v) is 3.61. The molecular formula is C15H18N2O2. The van der Waals surface area contributed by atoms with Crippen LogP contribution < -0.4 is 5.32 Å². The van der Waals surface area contributed by atoms with Crippen molar-refractivity contribution in [2.75, 3.05) is 13.2 Å². The maximum atomic E-state index is 12.1. The summed E-state index contributed by atoms with van der Waals surface area (Å²) in [6.07, 6.45) is 1.99. The number of benzene rings is 1. The molecular weight excluding hydrogens is 240 g/mol. The Hall–Kier alpha value is -1.86. The van der Waals surface area contributed by atoms with Crippen molar-refractivity contribution in [2.45, 2.75) is 25.8 Å². The Morgan fingerprint density at radius 3 is 2.58 bits per heavy atom. The molecule has 1 aromatic carbocycles. The van der Waals surface area contributed by atoms with Crippen molar-refractivity contribution < 1.29 is 9.53 Å². The topological polar surface area (TPSA) is 62.1 Å². The number of carbonyl (C=O) groups excluding carboxylic acids is 1. The molecule has 2 rings (SSSR count). The average molecular weight is 258 g/mol. The molecule has 0 spiro atoms. The molecule has 1 fully saturated rings. The number of amides is 1. The zero-order valence-corrected chi connectivity index (χ0v) is 11.1. The van der Waals surface area contributed by atoms with Gasteiger partial charge in [0.15, 0.2) is 0 Å². The monoisotopic (exact) mass is 258 g/mol. The van der Waals surface area contributed by atoms with Crippen LogP contribution in [-0.4, -0.2) is 25.2 Å². The summed E-state index contributed by atoms with van der Waals surface area (Å²) < 4.78 is 5.32. The lowest BCUT2D eigenvalue weighted by atomic mass is 9.93. The van der Waals surface area contributed by atoms with Crippen molar-refractivity contribution in [3.63, 3.8) is 0 Å². The Kier molecular flexibility index (Phi) is 4.53. The zero-order valence-electron chi connectivity index (χ0n) is 11.1. The minimum atomic E-state index is -0.0801. The van der Waals surface area contributed by atoms with Crippen LogP contribution in [-0.2, 0) is 4.74 Å². The molecule has 0 bridgehead atoms. The third kappa shape index (κ3) is 3.55. The molecule has 4 heteroatoms. The van der Waals surface area contributed by atoms with Crippen LogP contribution in [0.15, 0.2) is 24.3 Å². The maximum absolute atomic E-state index is 12.1. The van der Waals surface area contributed by atoms with Gasteiger partial charge in [-0.3, -0.25) is 4.79 Å².